The fourth-order valence-corrected chi connectivity index (χ4v) is 7.21. The Morgan fingerprint density at radius 3 is 2.68 bits per heavy atom. The van der Waals surface area contributed by atoms with Gasteiger partial charge in [-0.05, 0) is 53.7 Å². The van der Waals surface area contributed by atoms with E-state index in [0.29, 0.717) is 11.3 Å². The largest absolute Gasteiger partial charge is 0.400 e. The molecule has 2 saturated heterocycles. The van der Waals surface area contributed by atoms with E-state index in [2.05, 4.69) is 51.7 Å². The normalized spacial score (nSPS) is 23.6. The molecular weight excluding hydrogens is 511 g/mol. The standard InChI is InChI=1S/C25H33N4O4PS.CH4O/c1-34(28-24-15-22(30)17-33-25(24)31)35-23(16-26)13-18-2-3-20-14-21(5-4-19(20)12-18)27-6-7-29-8-10-32-11-9-29;1-2/h2-5,12-14,22,24-25,27-28,30-31H,6-11,15,17H2,1H3;2H,1H3/b23-13+;. The van der Waals surface area contributed by atoms with Crippen molar-refractivity contribution in [1.82, 2.24) is 9.99 Å². The predicted molar refractivity (Wildman–Crippen MR) is 151 cm³/mol. The SMILES string of the molecule is CO.CP(NC1CC(O)COC1O)S/C(C#N)=C/c1ccc2cc(NCCN3CCOCC3)ccc2c1. The van der Waals surface area contributed by atoms with Crippen molar-refractivity contribution in [3.63, 3.8) is 0 Å². The molecule has 37 heavy (non-hydrogen) atoms. The molecule has 0 amide bonds. The smallest absolute Gasteiger partial charge is 0.170 e. The number of morpholine rings is 1. The van der Waals surface area contributed by atoms with E-state index in [1.54, 1.807) is 0 Å². The third kappa shape index (κ3) is 9.48. The van der Waals surface area contributed by atoms with E-state index in [1.165, 1.54) is 11.4 Å². The number of benzene rings is 2. The molecule has 0 spiro atoms. The van der Waals surface area contributed by atoms with Gasteiger partial charge in [0.15, 0.2) is 6.29 Å². The highest BCUT2D eigenvalue weighted by Crippen LogP contribution is 2.48. The van der Waals surface area contributed by atoms with Gasteiger partial charge < -0.3 is 30.1 Å². The van der Waals surface area contributed by atoms with Gasteiger partial charge in [0, 0.05) is 46.3 Å². The molecule has 11 heteroatoms. The first-order chi connectivity index (χ1) is 18.0. The van der Waals surface area contributed by atoms with Crippen LogP contribution in [0.1, 0.15) is 12.0 Å². The monoisotopic (exact) mass is 548 g/mol. The minimum Gasteiger partial charge on any atom is -0.400 e. The van der Waals surface area contributed by atoms with Gasteiger partial charge in [0.1, 0.15) is 6.07 Å². The number of allylic oxidation sites excluding steroid dienone is 1. The summed E-state index contributed by atoms with van der Waals surface area (Å²) < 4.78 is 10.6. The van der Waals surface area contributed by atoms with Crippen LogP contribution in [0.15, 0.2) is 41.3 Å². The van der Waals surface area contributed by atoms with Crippen molar-refractivity contribution >= 4 is 41.2 Å². The highest BCUT2D eigenvalue weighted by atomic mass is 32.7. The molecule has 0 radical (unpaired) electrons. The summed E-state index contributed by atoms with van der Waals surface area (Å²) in [6, 6.07) is 14.5. The van der Waals surface area contributed by atoms with E-state index in [0.717, 1.165) is 68.5 Å². The molecular formula is C26H37N4O5PS. The van der Waals surface area contributed by atoms with Crippen LogP contribution in [0.2, 0.25) is 0 Å². The second-order valence-electron chi connectivity index (χ2n) is 8.76. The Morgan fingerprint density at radius 1 is 1.19 bits per heavy atom. The van der Waals surface area contributed by atoms with Crippen molar-refractivity contribution in [2.75, 3.05) is 65.1 Å². The summed E-state index contributed by atoms with van der Waals surface area (Å²) in [6.07, 6.45) is 0.780. The molecule has 0 aromatic heterocycles. The zero-order valence-corrected chi connectivity index (χ0v) is 23.0. The molecule has 4 unspecified atom stereocenters. The first kappa shape index (κ1) is 29.8. The Bertz CT molecular complexity index is 1060. The van der Waals surface area contributed by atoms with Crippen LogP contribution in [-0.4, -0.2) is 98.4 Å². The second kappa shape index (κ2) is 15.6. The Labute approximate surface area is 224 Å². The van der Waals surface area contributed by atoms with Gasteiger partial charge in [-0.2, -0.15) is 5.26 Å². The third-order valence-electron chi connectivity index (χ3n) is 6.05. The van der Waals surface area contributed by atoms with Gasteiger partial charge in [-0.3, -0.25) is 9.99 Å². The van der Waals surface area contributed by atoms with E-state index < -0.39 is 19.7 Å². The van der Waals surface area contributed by atoms with Crippen LogP contribution in [0.4, 0.5) is 5.69 Å². The second-order valence-corrected chi connectivity index (χ2v) is 12.8. The van der Waals surface area contributed by atoms with Crippen LogP contribution in [-0.2, 0) is 9.47 Å². The lowest BCUT2D eigenvalue weighted by Crippen LogP contribution is -2.47. The number of fused-ring (bicyclic) bond motifs is 1. The van der Waals surface area contributed by atoms with Crippen LogP contribution in [0.25, 0.3) is 16.8 Å². The van der Waals surface area contributed by atoms with Crippen molar-refractivity contribution in [3.8, 4) is 6.07 Å². The Morgan fingerprint density at radius 2 is 1.92 bits per heavy atom. The molecule has 2 aliphatic rings. The lowest BCUT2D eigenvalue weighted by atomic mass is 10.1. The minimum atomic E-state index is -0.947. The third-order valence-corrected chi connectivity index (χ3v) is 9.15. The van der Waals surface area contributed by atoms with E-state index in [4.69, 9.17) is 14.6 Å². The Balaban J connectivity index is 0.00000186. The summed E-state index contributed by atoms with van der Waals surface area (Å²) in [5.74, 6) is 0. The molecule has 2 aromatic rings. The lowest BCUT2D eigenvalue weighted by Gasteiger charge is -2.33. The van der Waals surface area contributed by atoms with E-state index in [9.17, 15) is 15.5 Å². The highest BCUT2D eigenvalue weighted by Gasteiger charge is 2.30. The molecule has 4 rings (SSSR count). The number of nitrogens with one attached hydrogen (secondary N) is 2. The van der Waals surface area contributed by atoms with Crippen molar-refractivity contribution < 1.29 is 24.8 Å². The van der Waals surface area contributed by atoms with Gasteiger partial charge >= 0.3 is 0 Å². The fourth-order valence-electron chi connectivity index (χ4n) is 4.20. The summed E-state index contributed by atoms with van der Waals surface area (Å²) in [7, 11) is 0.166. The van der Waals surface area contributed by atoms with Gasteiger partial charge in [0.25, 0.3) is 0 Å². The summed E-state index contributed by atoms with van der Waals surface area (Å²) in [4.78, 5) is 3.01. The first-order valence-corrected chi connectivity index (χ1v) is 15.5. The molecule has 2 fully saturated rings. The number of anilines is 1. The van der Waals surface area contributed by atoms with Gasteiger partial charge in [-0.15, -0.1) is 0 Å². The number of aliphatic hydroxyl groups excluding tert-OH is 3. The van der Waals surface area contributed by atoms with Crippen LogP contribution in [0.3, 0.4) is 0 Å². The molecule has 2 aromatic carbocycles. The molecule has 2 heterocycles. The zero-order valence-electron chi connectivity index (χ0n) is 21.3. The molecule has 4 atom stereocenters. The van der Waals surface area contributed by atoms with Gasteiger partial charge in [-0.1, -0.05) is 29.6 Å². The summed E-state index contributed by atoms with van der Waals surface area (Å²) in [6.45, 7) is 7.66. The van der Waals surface area contributed by atoms with Crippen LogP contribution >= 0.6 is 18.7 Å². The topological polar surface area (TPSA) is 130 Å². The maximum atomic E-state index is 10.0. The summed E-state index contributed by atoms with van der Waals surface area (Å²) >= 11 is 1.45. The summed E-state index contributed by atoms with van der Waals surface area (Å²) in [5.41, 5.74) is 2.07. The Kier molecular flexibility index (Phi) is 12.6. The molecule has 2 aliphatic heterocycles. The molecule has 9 nitrogen and oxygen atoms in total. The minimum absolute atomic E-state index is 0.144. The molecule has 5 N–H and O–H groups in total. The number of hydrogen-bond acceptors (Lipinski definition) is 10. The van der Waals surface area contributed by atoms with E-state index >= 15 is 0 Å². The number of rotatable bonds is 9. The number of nitriles is 1. The zero-order chi connectivity index (χ0) is 26.6. The first-order valence-electron chi connectivity index (χ1n) is 12.3. The molecule has 0 aliphatic carbocycles. The highest BCUT2D eigenvalue weighted by molar-refractivity contribution is 8.57. The lowest BCUT2D eigenvalue weighted by molar-refractivity contribution is -0.169. The Hall–Kier alpha value is -1.77. The maximum absolute atomic E-state index is 10.0. The predicted octanol–water partition coefficient (Wildman–Crippen LogP) is 2.79. The van der Waals surface area contributed by atoms with Crippen molar-refractivity contribution in [3.05, 3.63) is 46.9 Å². The van der Waals surface area contributed by atoms with Crippen molar-refractivity contribution in [2.45, 2.75) is 24.9 Å². The van der Waals surface area contributed by atoms with Crippen LogP contribution < -0.4 is 10.4 Å². The van der Waals surface area contributed by atoms with Crippen molar-refractivity contribution in [1.29, 1.82) is 5.26 Å². The number of nitrogens with zero attached hydrogens (tertiary/aromatic N) is 2. The molecule has 202 valence electrons. The molecule has 0 saturated carbocycles. The molecule has 0 bridgehead atoms. The van der Waals surface area contributed by atoms with Gasteiger partial charge in [0.2, 0.25) is 0 Å². The number of hydrogen-bond donors (Lipinski definition) is 5. The number of aliphatic hydroxyl groups is 3. The maximum Gasteiger partial charge on any atom is 0.170 e. The van der Waals surface area contributed by atoms with Crippen molar-refractivity contribution in [2.24, 2.45) is 0 Å². The van der Waals surface area contributed by atoms with E-state index in [-0.39, 0.29) is 12.6 Å². The summed E-state index contributed by atoms with van der Waals surface area (Å²) in [5, 5.41) is 45.5. The van der Waals surface area contributed by atoms with Crippen LogP contribution in [0, 0.1) is 11.3 Å². The quantitative estimate of drug-likeness (QED) is 0.236. The fraction of sp³-hybridized carbons (Fsp3) is 0.500. The van der Waals surface area contributed by atoms with Gasteiger partial charge in [-0.25, -0.2) is 0 Å². The van der Waals surface area contributed by atoms with E-state index in [1.807, 2.05) is 18.8 Å². The average Bonchev–Trinajstić information content (AvgIpc) is 2.92. The average molecular weight is 549 g/mol. The van der Waals surface area contributed by atoms with Gasteiger partial charge in [0.05, 0.1) is 36.9 Å². The van der Waals surface area contributed by atoms with Crippen LogP contribution in [0.5, 0.6) is 0 Å². The number of ether oxygens (including phenoxy) is 2.